The first-order valence-electron chi connectivity index (χ1n) is 9.03. The molecule has 0 rings (SSSR count). The molecule has 20 heavy (non-hydrogen) atoms. The second-order valence-corrected chi connectivity index (χ2v) is 5.82. The lowest BCUT2D eigenvalue weighted by Crippen LogP contribution is -2.18. The van der Waals surface area contributed by atoms with Gasteiger partial charge in [-0.2, -0.15) is 0 Å². The van der Waals surface area contributed by atoms with Crippen molar-refractivity contribution >= 4 is 0 Å². The van der Waals surface area contributed by atoms with Gasteiger partial charge >= 0.3 is 0 Å². The molecule has 3 heteroatoms. The summed E-state index contributed by atoms with van der Waals surface area (Å²) in [6, 6.07) is 0. The fraction of sp³-hybridized carbons (Fsp3) is 1.00. The van der Waals surface area contributed by atoms with Crippen LogP contribution in [0.2, 0.25) is 0 Å². The normalized spacial score (nSPS) is 11.1. The van der Waals surface area contributed by atoms with Gasteiger partial charge in [-0.05, 0) is 64.8 Å². The Balaban J connectivity index is 2.89. The molecule has 0 saturated carbocycles. The van der Waals surface area contributed by atoms with Crippen LogP contribution in [0.3, 0.4) is 0 Å². The van der Waals surface area contributed by atoms with Crippen molar-refractivity contribution in [1.82, 2.24) is 10.6 Å². The number of hydrogen-bond donors (Lipinski definition) is 3. The number of nitrogens with one attached hydrogen (secondary N) is 2. The van der Waals surface area contributed by atoms with E-state index in [1.165, 1.54) is 96.8 Å². The van der Waals surface area contributed by atoms with E-state index in [0.29, 0.717) is 0 Å². The van der Waals surface area contributed by atoms with Crippen molar-refractivity contribution in [3.63, 3.8) is 0 Å². The SMILES string of the molecule is CCCNCCCCCNCCCCCCCCCN. The average Bonchev–Trinajstić information content (AvgIpc) is 2.47. The van der Waals surface area contributed by atoms with Crippen molar-refractivity contribution in [1.29, 1.82) is 0 Å². The number of hydrogen-bond acceptors (Lipinski definition) is 3. The van der Waals surface area contributed by atoms with E-state index in [1.54, 1.807) is 0 Å². The van der Waals surface area contributed by atoms with Gasteiger partial charge in [0.05, 0.1) is 0 Å². The minimum absolute atomic E-state index is 0.860. The molecular formula is C17H39N3. The standard InChI is InChI=1S/C17H39N3/c1-2-14-19-15-11-8-12-17-20-16-10-7-5-3-4-6-9-13-18/h19-20H,2-18H2,1H3. The Bertz CT molecular complexity index is 144. The van der Waals surface area contributed by atoms with E-state index in [2.05, 4.69) is 17.6 Å². The summed E-state index contributed by atoms with van der Waals surface area (Å²) < 4.78 is 0. The molecule has 0 aliphatic carbocycles. The van der Waals surface area contributed by atoms with Gasteiger partial charge in [0, 0.05) is 0 Å². The summed E-state index contributed by atoms with van der Waals surface area (Å²) in [6.07, 6.45) is 14.7. The minimum atomic E-state index is 0.860. The summed E-state index contributed by atoms with van der Waals surface area (Å²) in [7, 11) is 0. The first-order valence-corrected chi connectivity index (χ1v) is 9.03. The van der Waals surface area contributed by atoms with Crippen molar-refractivity contribution in [2.45, 2.75) is 77.6 Å². The van der Waals surface area contributed by atoms with Crippen LogP contribution in [0.1, 0.15) is 77.6 Å². The summed E-state index contributed by atoms with van der Waals surface area (Å²) in [5.41, 5.74) is 5.48. The molecule has 0 aliphatic rings. The molecule has 0 aromatic carbocycles. The fourth-order valence-electron chi connectivity index (χ4n) is 2.38. The largest absolute Gasteiger partial charge is 0.330 e. The van der Waals surface area contributed by atoms with Gasteiger partial charge < -0.3 is 16.4 Å². The Labute approximate surface area is 127 Å². The predicted octanol–water partition coefficient (Wildman–Crippen LogP) is 3.44. The highest BCUT2D eigenvalue weighted by atomic mass is 14.8. The molecule has 0 aromatic heterocycles. The van der Waals surface area contributed by atoms with Crippen molar-refractivity contribution < 1.29 is 0 Å². The van der Waals surface area contributed by atoms with Crippen LogP contribution in [0.5, 0.6) is 0 Å². The lowest BCUT2D eigenvalue weighted by Gasteiger charge is -2.05. The molecule has 0 radical (unpaired) electrons. The quantitative estimate of drug-likeness (QED) is 0.359. The van der Waals surface area contributed by atoms with E-state index in [9.17, 15) is 0 Å². The topological polar surface area (TPSA) is 50.1 Å². The van der Waals surface area contributed by atoms with Gasteiger partial charge in [0.25, 0.3) is 0 Å². The van der Waals surface area contributed by atoms with Crippen LogP contribution in [0.25, 0.3) is 0 Å². The summed E-state index contributed by atoms with van der Waals surface area (Å²) in [5.74, 6) is 0. The summed E-state index contributed by atoms with van der Waals surface area (Å²) in [5, 5.41) is 7.01. The van der Waals surface area contributed by atoms with Crippen LogP contribution in [0.15, 0.2) is 0 Å². The van der Waals surface area contributed by atoms with Gasteiger partial charge in [0.1, 0.15) is 0 Å². The molecule has 0 amide bonds. The maximum Gasteiger partial charge on any atom is -0.00489 e. The van der Waals surface area contributed by atoms with Gasteiger partial charge in [-0.1, -0.05) is 45.4 Å². The smallest absolute Gasteiger partial charge is 0.00489 e. The lowest BCUT2D eigenvalue weighted by molar-refractivity contribution is 0.539. The Morgan fingerprint density at radius 2 is 0.950 bits per heavy atom. The van der Waals surface area contributed by atoms with Crippen molar-refractivity contribution in [3.8, 4) is 0 Å². The third-order valence-corrected chi connectivity index (χ3v) is 3.69. The molecule has 0 fully saturated rings. The highest BCUT2D eigenvalue weighted by Gasteiger charge is 1.93. The lowest BCUT2D eigenvalue weighted by atomic mass is 10.1. The van der Waals surface area contributed by atoms with Gasteiger partial charge in [0.2, 0.25) is 0 Å². The molecule has 4 N–H and O–H groups in total. The maximum absolute atomic E-state index is 5.48. The van der Waals surface area contributed by atoms with E-state index >= 15 is 0 Å². The number of rotatable bonds is 17. The molecule has 0 saturated heterocycles. The number of unbranched alkanes of at least 4 members (excludes halogenated alkanes) is 8. The van der Waals surface area contributed by atoms with Crippen LogP contribution < -0.4 is 16.4 Å². The van der Waals surface area contributed by atoms with Gasteiger partial charge in [0.15, 0.2) is 0 Å². The Morgan fingerprint density at radius 1 is 0.550 bits per heavy atom. The molecular weight excluding hydrogens is 246 g/mol. The van der Waals surface area contributed by atoms with E-state index in [4.69, 9.17) is 5.73 Å². The van der Waals surface area contributed by atoms with Gasteiger partial charge in [-0.3, -0.25) is 0 Å². The Kier molecular flexibility index (Phi) is 18.8. The van der Waals surface area contributed by atoms with E-state index in [1.807, 2.05) is 0 Å². The summed E-state index contributed by atoms with van der Waals surface area (Å²) in [4.78, 5) is 0. The van der Waals surface area contributed by atoms with Crippen LogP contribution in [0.4, 0.5) is 0 Å². The monoisotopic (exact) mass is 285 g/mol. The molecule has 0 aliphatic heterocycles. The molecule has 0 atom stereocenters. The van der Waals surface area contributed by atoms with Crippen LogP contribution in [-0.4, -0.2) is 32.7 Å². The van der Waals surface area contributed by atoms with Crippen molar-refractivity contribution in [2.24, 2.45) is 5.73 Å². The summed E-state index contributed by atoms with van der Waals surface area (Å²) in [6.45, 7) is 7.85. The van der Waals surface area contributed by atoms with Crippen LogP contribution >= 0.6 is 0 Å². The first-order chi connectivity index (χ1) is 9.91. The fourth-order valence-corrected chi connectivity index (χ4v) is 2.38. The highest BCUT2D eigenvalue weighted by Crippen LogP contribution is 2.06. The molecule has 0 bridgehead atoms. The second kappa shape index (κ2) is 18.9. The zero-order valence-corrected chi connectivity index (χ0v) is 13.9. The van der Waals surface area contributed by atoms with Crippen LogP contribution in [0, 0.1) is 0 Å². The third kappa shape index (κ3) is 17.9. The van der Waals surface area contributed by atoms with E-state index < -0.39 is 0 Å². The zero-order chi connectivity index (χ0) is 14.7. The zero-order valence-electron chi connectivity index (χ0n) is 13.9. The van der Waals surface area contributed by atoms with Crippen molar-refractivity contribution in [3.05, 3.63) is 0 Å². The van der Waals surface area contributed by atoms with Crippen molar-refractivity contribution in [2.75, 3.05) is 32.7 Å². The minimum Gasteiger partial charge on any atom is -0.330 e. The molecule has 0 aromatic rings. The molecule has 0 heterocycles. The number of nitrogens with two attached hydrogens (primary N) is 1. The average molecular weight is 286 g/mol. The molecule has 122 valence electrons. The molecule has 0 unspecified atom stereocenters. The highest BCUT2D eigenvalue weighted by molar-refractivity contribution is 4.53. The van der Waals surface area contributed by atoms with E-state index in [0.717, 1.165) is 6.54 Å². The Morgan fingerprint density at radius 3 is 1.45 bits per heavy atom. The third-order valence-electron chi connectivity index (χ3n) is 3.69. The molecule has 3 nitrogen and oxygen atoms in total. The molecule has 0 spiro atoms. The Hall–Kier alpha value is -0.120. The van der Waals surface area contributed by atoms with Gasteiger partial charge in [-0.25, -0.2) is 0 Å². The van der Waals surface area contributed by atoms with E-state index in [-0.39, 0.29) is 0 Å². The van der Waals surface area contributed by atoms with Crippen LogP contribution in [-0.2, 0) is 0 Å². The predicted molar refractivity (Wildman–Crippen MR) is 91.3 cm³/mol. The maximum atomic E-state index is 5.48. The van der Waals surface area contributed by atoms with Gasteiger partial charge in [-0.15, -0.1) is 0 Å². The first kappa shape index (κ1) is 19.9. The second-order valence-electron chi connectivity index (χ2n) is 5.82. The summed E-state index contributed by atoms with van der Waals surface area (Å²) >= 11 is 0.